The third-order valence-corrected chi connectivity index (χ3v) is 4.82. The molecule has 1 atom stereocenters. The molecule has 156 valence electrons. The lowest BCUT2D eigenvalue weighted by Crippen LogP contribution is -2.24. The second-order valence-corrected chi connectivity index (χ2v) is 7.73. The standard InChI is InChI=1S/C21H30N6O2/c1-4-5-11-26-21(29)27-17(18(28)12-15(2)3)14-24-19(20(27)25-26)23-10-8-16-7-6-9-22-13-16/h6-7,9,13-15,18,28H,4-5,8,10-12H2,1-3H3,(H,23,24). The van der Waals surface area contributed by atoms with E-state index in [1.54, 1.807) is 12.4 Å². The molecule has 8 nitrogen and oxygen atoms in total. The SMILES string of the molecule is CCCCn1nc2c(NCCc3cccnc3)ncc(C(O)CC(C)C)n2c1=O. The Morgan fingerprint density at radius 2 is 2.10 bits per heavy atom. The zero-order chi connectivity index (χ0) is 20.8. The summed E-state index contributed by atoms with van der Waals surface area (Å²) in [6.07, 6.45) is 7.56. The molecule has 8 heteroatoms. The van der Waals surface area contributed by atoms with Gasteiger partial charge in [-0.05, 0) is 36.8 Å². The molecule has 0 radical (unpaired) electrons. The summed E-state index contributed by atoms with van der Waals surface area (Å²) in [4.78, 5) is 21.6. The fraction of sp³-hybridized carbons (Fsp3) is 0.524. The van der Waals surface area contributed by atoms with Crippen molar-refractivity contribution < 1.29 is 5.11 Å². The first-order chi connectivity index (χ1) is 14.0. The molecule has 0 aromatic carbocycles. The van der Waals surface area contributed by atoms with Crippen LogP contribution in [-0.2, 0) is 13.0 Å². The number of nitrogens with zero attached hydrogens (tertiary/aromatic N) is 5. The maximum absolute atomic E-state index is 13.0. The lowest BCUT2D eigenvalue weighted by Gasteiger charge is -2.15. The molecule has 0 amide bonds. The summed E-state index contributed by atoms with van der Waals surface area (Å²) in [6, 6.07) is 3.93. The minimum atomic E-state index is -0.768. The Balaban J connectivity index is 1.92. The number of unbranched alkanes of at least 4 members (excludes halogenated alkanes) is 1. The van der Waals surface area contributed by atoms with E-state index < -0.39 is 6.10 Å². The normalized spacial score (nSPS) is 12.6. The van der Waals surface area contributed by atoms with Crippen molar-refractivity contribution in [2.75, 3.05) is 11.9 Å². The van der Waals surface area contributed by atoms with Gasteiger partial charge < -0.3 is 10.4 Å². The fourth-order valence-electron chi connectivity index (χ4n) is 3.29. The molecule has 0 aliphatic rings. The molecule has 0 aliphatic carbocycles. The Hall–Kier alpha value is -2.74. The van der Waals surface area contributed by atoms with Crippen molar-refractivity contribution in [1.82, 2.24) is 24.1 Å². The molecular formula is C21H30N6O2. The summed E-state index contributed by atoms with van der Waals surface area (Å²) in [5.41, 5.74) is 1.83. The van der Waals surface area contributed by atoms with Gasteiger partial charge in [-0.1, -0.05) is 33.3 Å². The van der Waals surface area contributed by atoms with Gasteiger partial charge in [0.1, 0.15) is 0 Å². The summed E-state index contributed by atoms with van der Waals surface area (Å²) in [7, 11) is 0. The zero-order valence-electron chi connectivity index (χ0n) is 17.4. The summed E-state index contributed by atoms with van der Waals surface area (Å²) in [6.45, 7) is 7.33. The van der Waals surface area contributed by atoms with Gasteiger partial charge in [-0.15, -0.1) is 5.10 Å². The second kappa shape index (κ2) is 9.65. The highest BCUT2D eigenvalue weighted by atomic mass is 16.3. The lowest BCUT2D eigenvalue weighted by atomic mass is 10.0. The number of hydrogen-bond donors (Lipinski definition) is 2. The number of nitrogens with one attached hydrogen (secondary N) is 1. The summed E-state index contributed by atoms with van der Waals surface area (Å²) < 4.78 is 2.97. The number of fused-ring (bicyclic) bond motifs is 1. The van der Waals surface area contributed by atoms with E-state index in [0.29, 0.717) is 42.6 Å². The molecule has 0 saturated heterocycles. The smallest absolute Gasteiger partial charge is 0.350 e. The number of hydrogen-bond acceptors (Lipinski definition) is 6. The number of rotatable bonds is 10. The Labute approximate surface area is 170 Å². The van der Waals surface area contributed by atoms with E-state index in [1.165, 1.54) is 9.08 Å². The number of aliphatic hydroxyl groups is 1. The van der Waals surface area contributed by atoms with Crippen LogP contribution >= 0.6 is 0 Å². The number of aliphatic hydroxyl groups excluding tert-OH is 1. The van der Waals surface area contributed by atoms with Crippen LogP contribution in [0.1, 0.15) is 57.4 Å². The van der Waals surface area contributed by atoms with Gasteiger partial charge in [0.05, 0.1) is 18.0 Å². The van der Waals surface area contributed by atoms with Crippen LogP contribution < -0.4 is 11.0 Å². The first kappa shape index (κ1) is 21.0. The number of aromatic nitrogens is 5. The molecule has 0 saturated carbocycles. The van der Waals surface area contributed by atoms with E-state index in [1.807, 2.05) is 32.2 Å². The molecule has 3 aromatic heterocycles. The molecule has 3 aromatic rings. The maximum atomic E-state index is 13.0. The van der Waals surface area contributed by atoms with Crippen LogP contribution in [0.2, 0.25) is 0 Å². The van der Waals surface area contributed by atoms with Crippen molar-refractivity contribution in [3.63, 3.8) is 0 Å². The van der Waals surface area contributed by atoms with Crippen LogP contribution in [0.15, 0.2) is 35.5 Å². The molecule has 3 heterocycles. The average Bonchev–Trinajstić information content (AvgIpc) is 3.03. The van der Waals surface area contributed by atoms with Crippen LogP contribution in [0.5, 0.6) is 0 Å². The molecule has 3 rings (SSSR count). The van der Waals surface area contributed by atoms with Crippen molar-refractivity contribution in [3.05, 3.63) is 52.5 Å². The third kappa shape index (κ3) is 5.00. The molecular weight excluding hydrogens is 368 g/mol. The second-order valence-electron chi connectivity index (χ2n) is 7.73. The Morgan fingerprint density at radius 3 is 2.79 bits per heavy atom. The highest BCUT2D eigenvalue weighted by Crippen LogP contribution is 2.22. The quantitative estimate of drug-likeness (QED) is 0.545. The van der Waals surface area contributed by atoms with Crippen LogP contribution in [-0.4, -0.2) is 35.8 Å². The molecule has 1 unspecified atom stereocenters. The first-order valence-corrected chi connectivity index (χ1v) is 10.3. The average molecular weight is 399 g/mol. The van der Waals surface area contributed by atoms with Crippen molar-refractivity contribution >= 4 is 11.5 Å². The fourth-order valence-corrected chi connectivity index (χ4v) is 3.29. The Kier molecular flexibility index (Phi) is 6.98. The van der Waals surface area contributed by atoms with Crippen LogP contribution in [0, 0.1) is 5.92 Å². The Bertz CT molecular complexity index is 980. The maximum Gasteiger partial charge on any atom is 0.350 e. The Morgan fingerprint density at radius 1 is 1.28 bits per heavy atom. The lowest BCUT2D eigenvalue weighted by molar-refractivity contribution is 0.144. The first-order valence-electron chi connectivity index (χ1n) is 10.3. The van der Waals surface area contributed by atoms with Gasteiger partial charge in [-0.2, -0.15) is 0 Å². The van der Waals surface area contributed by atoms with E-state index in [2.05, 4.69) is 27.3 Å². The van der Waals surface area contributed by atoms with Crippen molar-refractivity contribution in [1.29, 1.82) is 0 Å². The van der Waals surface area contributed by atoms with Crippen LogP contribution in [0.4, 0.5) is 5.82 Å². The van der Waals surface area contributed by atoms with E-state index in [4.69, 9.17) is 0 Å². The molecule has 0 fully saturated rings. The largest absolute Gasteiger partial charge is 0.387 e. The van der Waals surface area contributed by atoms with Crippen LogP contribution in [0.3, 0.4) is 0 Å². The van der Waals surface area contributed by atoms with Crippen molar-refractivity contribution in [2.45, 2.75) is 59.1 Å². The van der Waals surface area contributed by atoms with E-state index in [9.17, 15) is 9.90 Å². The van der Waals surface area contributed by atoms with Crippen molar-refractivity contribution in [3.8, 4) is 0 Å². The van der Waals surface area contributed by atoms with Gasteiger partial charge in [0.15, 0.2) is 5.82 Å². The summed E-state index contributed by atoms with van der Waals surface area (Å²) in [5, 5.41) is 18.5. The molecule has 2 N–H and O–H groups in total. The molecule has 0 bridgehead atoms. The predicted octanol–water partition coefficient (Wildman–Crippen LogP) is 2.82. The number of anilines is 1. The highest BCUT2D eigenvalue weighted by molar-refractivity contribution is 5.62. The monoisotopic (exact) mass is 398 g/mol. The van der Waals surface area contributed by atoms with Gasteiger partial charge in [0.25, 0.3) is 0 Å². The summed E-state index contributed by atoms with van der Waals surface area (Å²) in [5.74, 6) is 0.838. The summed E-state index contributed by atoms with van der Waals surface area (Å²) >= 11 is 0. The van der Waals surface area contributed by atoms with Crippen molar-refractivity contribution in [2.24, 2.45) is 5.92 Å². The van der Waals surface area contributed by atoms with E-state index in [0.717, 1.165) is 24.8 Å². The molecule has 0 aliphatic heterocycles. The minimum absolute atomic E-state index is 0.232. The topological polar surface area (TPSA) is 97.3 Å². The zero-order valence-corrected chi connectivity index (χ0v) is 17.4. The third-order valence-electron chi connectivity index (χ3n) is 4.82. The number of pyridine rings is 1. The van der Waals surface area contributed by atoms with Gasteiger partial charge in [-0.3, -0.25) is 4.98 Å². The van der Waals surface area contributed by atoms with Gasteiger partial charge in [0.2, 0.25) is 5.65 Å². The van der Waals surface area contributed by atoms with E-state index >= 15 is 0 Å². The van der Waals surface area contributed by atoms with E-state index in [-0.39, 0.29) is 5.69 Å². The molecule has 0 spiro atoms. The number of aryl methyl sites for hydroxylation is 1. The van der Waals surface area contributed by atoms with Gasteiger partial charge in [-0.25, -0.2) is 18.9 Å². The molecule has 29 heavy (non-hydrogen) atoms. The highest BCUT2D eigenvalue weighted by Gasteiger charge is 2.20. The van der Waals surface area contributed by atoms with Gasteiger partial charge in [0, 0.05) is 25.5 Å². The predicted molar refractivity (Wildman–Crippen MR) is 113 cm³/mol. The van der Waals surface area contributed by atoms with Gasteiger partial charge >= 0.3 is 5.69 Å². The van der Waals surface area contributed by atoms with Crippen LogP contribution in [0.25, 0.3) is 5.65 Å². The minimum Gasteiger partial charge on any atom is -0.387 e.